The number of hydrogen-bond acceptors (Lipinski definition) is 1. The van der Waals surface area contributed by atoms with Crippen molar-refractivity contribution in [3.63, 3.8) is 0 Å². The van der Waals surface area contributed by atoms with E-state index < -0.39 is 0 Å². The molecule has 2 aromatic carbocycles. The second kappa shape index (κ2) is 5.66. The first-order valence-corrected chi connectivity index (χ1v) is 7.51. The van der Waals surface area contributed by atoms with Gasteiger partial charge in [-0.25, -0.2) is 9.37 Å². The Morgan fingerprint density at radius 3 is 2.81 bits per heavy atom. The highest BCUT2D eigenvalue weighted by molar-refractivity contribution is 6.31. The molecule has 0 saturated heterocycles. The Morgan fingerprint density at radius 2 is 2.05 bits per heavy atom. The maximum absolute atomic E-state index is 13.9. The maximum Gasteiger partial charge on any atom is 0.128 e. The normalized spacial score (nSPS) is 11.2. The lowest BCUT2D eigenvalue weighted by Crippen LogP contribution is -2.05. The number of halogens is 3. The van der Waals surface area contributed by atoms with Gasteiger partial charge in [0.25, 0.3) is 0 Å². The summed E-state index contributed by atoms with van der Waals surface area (Å²) in [6, 6.07) is 10.5. The molecule has 0 fully saturated rings. The van der Waals surface area contributed by atoms with Gasteiger partial charge in [0.2, 0.25) is 0 Å². The van der Waals surface area contributed by atoms with Crippen molar-refractivity contribution in [2.75, 3.05) is 5.88 Å². The Morgan fingerprint density at radius 1 is 1.24 bits per heavy atom. The van der Waals surface area contributed by atoms with Crippen LogP contribution in [0.2, 0.25) is 5.02 Å². The lowest BCUT2D eigenvalue weighted by atomic mass is 10.1. The predicted molar refractivity (Wildman–Crippen MR) is 85.2 cm³/mol. The van der Waals surface area contributed by atoms with E-state index in [9.17, 15) is 4.39 Å². The van der Waals surface area contributed by atoms with Crippen LogP contribution in [0.15, 0.2) is 36.4 Å². The number of rotatable bonds is 3. The summed E-state index contributed by atoms with van der Waals surface area (Å²) in [4.78, 5) is 4.59. The van der Waals surface area contributed by atoms with Gasteiger partial charge in [0.15, 0.2) is 0 Å². The molecule has 3 rings (SSSR count). The molecule has 0 saturated carbocycles. The van der Waals surface area contributed by atoms with Crippen LogP contribution in [0.4, 0.5) is 4.39 Å². The fourth-order valence-corrected chi connectivity index (χ4v) is 2.79. The average Bonchev–Trinajstić information content (AvgIpc) is 2.80. The van der Waals surface area contributed by atoms with Gasteiger partial charge in [-0.2, -0.15) is 0 Å². The molecule has 0 aliphatic heterocycles. The first-order chi connectivity index (χ1) is 10.1. The highest BCUT2D eigenvalue weighted by atomic mass is 35.5. The summed E-state index contributed by atoms with van der Waals surface area (Å²) in [7, 11) is 0. The number of fused-ring (bicyclic) bond motifs is 1. The van der Waals surface area contributed by atoms with Gasteiger partial charge in [0.1, 0.15) is 11.6 Å². The third-order valence-corrected chi connectivity index (χ3v) is 3.91. The first-order valence-electron chi connectivity index (χ1n) is 6.60. The van der Waals surface area contributed by atoms with Crippen molar-refractivity contribution in [3.8, 4) is 5.69 Å². The summed E-state index contributed by atoms with van der Waals surface area (Å²) < 4.78 is 15.8. The molecule has 0 atom stereocenters. The SMILES string of the molecule is Cc1c(F)cccc1-n1c(CCCl)nc2ccc(Cl)cc21. The van der Waals surface area contributed by atoms with Crippen LogP contribution < -0.4 is 0 Å². The highest BCUT2D eigenvalue weighted by Crippen LogP contribution is 2.27. The van der Waals surface area contributed by atoms with Gasteiger partial charge in [-0.15, -0.1) is 11.6 Å². The molecule has 21 heavy (non-hydrogen) atoms. The van der Waals surface area contributed by atoms with Crippen molar-refractivity contribution in [2.24, 2.45) is 0 Å². The standard InChI is InChI=1S/C16H13Cl2FN2/c1-10-12(19)3-2-4-14(10)21-15-9-11(18)5-6-13(15)20-16(21)7-8-17/h2-6,9H,7-8H2,1H3. The van der Waals surface area contributed by atoms with E-state index in [1.807, 2.05) is 22.8 Å². The molecule has 0 N–H and O–H groups in total. The molecule has 0 unspecified atom stereocenters. The van der Waals surface area contributed by atoms with Crippen LogP contribution in [0.25, 0.3) is 16.7 Å². The summed E-state index contributed by atoms with van der Waals surface area (Å²) in [6.07, 6.45) is 0.601. The van der Waals surface area contributed by atoms with E-state index in [2.05, 4.69) is 4.98 Å². The zero-order valence-electron chi connectivity index (χ0n) is 11.4. The van der Waals surface area contributed by atoms with Crippen LogP contribution in [-0.4, -0.2) is 15.4 Å². The van der Waals surface area contributed by atoms with Crippen LogP contribution >= 0.6 is 23.2 Å². The first kappa shape index (κ1) is 14.4. The summed E-state index contributed by atoms with van der Waals surface area (Å²) >= 11 is 12.0. The maximum atomic E-state index is 13.9. The average molecular weight is 323 g/mol. The van der Waals surface area contributed by atoms with Gasteiger partial charge < -0.3 is 0 Å². The van der Waals surface area contributed by atoms with E-state index in [0.717, 1.165) is 22.5 Å². The molecule has 0 radical (unpaired) electrons. The third-order valence-electron chi connectivity index (χ3n) is 3.48. The van der Waals surface area contributed by atoms with Crippen LogP contribution in [-0.2, 0) is 6.42 Å². The smallest absolute Gasteiger partial charge is 0.128 e. The van der Waals surface area contributed by atoms with Crippen molar-refractivity contribution >= 4 is 34.2 Å². The molecule has 0 spiro atoms. The molecular weight excluding hydrogens is 310 g/mol. The topological polar surface area (TPSA) is 17.8 Å². The number of hydrogen-bond donors (Lipinski definition) is 0. The number of alkyl halides is 1. The van der Waals surface area contributed by atoms with Gasteiger partial charge >= 0.3 is 0 Å². The lowest BCUT2D eigenvalue weighted by molar-refractivity contribution is 0.616. The third kappa shape index (κ3) is 2.52. The molecule has 0 aliphatic carbocycles. The lowest BCUT2D eigenvalue weighted by Gasteiger charge is -2.12. The summed E-state index contributed by atoms with van der Waals surface area (Å²) in [5, 5.41) is 0.620. The monoisotopic (exact) mass is 322 g/mol. The molecule has 0 bridgehead atoms. The number of nitrogens with zero attached hydrogens (tertiary/aromatic N) is 2. The minimum absolute atomic E-state index is 0.242. The van der Waals surface area contributed by atoms with Gasteiger partial charge in [0.05, 0.1) is 16.7 Å². The van der Waals surface area contributed by atoms with Crippen molar-refractivity contribution in [2.45, 2.75) is 13.3 Å². The molecule has 0 aliphatic rings. The van der Waals surface area contributed by atoms with Crippen molar-refractivity contribution in [3.05, 3.63) is 58.6 Å². The Kier molecular flexibility index (Phi) is 3.87. The molecule has 1 aromatic heterocycles. The Bertz CT molecular complexity index is 811. The fourth-order valence-electron chi connectivity index (χ4n) is 2.46. The van der Waals surface area contributed by atoms with Crippen molar-refractivity contribution in [1.29, 1.82) is 0 Å². The van der Waals surface area contributed by atoms with E-state index in [-0.39, 0.29) is 5.82 Å². The fraction of sp³-hybridized carbons (Fsp3) is 0.188. The minimum atomic E-state index is -0.242. The molecule has 1 heterocycles. The van der Waals surface area contributed by atoms with E-state index in [4.69, 9.17) is 23.2 Å². The quantitative estimate of drug-likeness (QED) is 0.626. The minimum Gasteiger partial charge on any atom is -0.296 e. The largest absolute Gasteiger partial charge is 0.296 e. The second-order valence-electron chi connectivity index (χ2n) is 4.82. The van der Waals surface area contributed by atoms with Gasteiger partial charge in [0, 0.05) is 22.9 Å². The van der Waals surface area contributed by atoms with Crippen LogP contribution in [0.5, 0.6) is 0 Å². The summed E-state index contributed by atoms with van der Waals surface area (Å²) in [5.74, 6) is 1.01. The van der Waals surface area contributed by atoms with Gasteiger partial charge in [-0.1, -0.05) is 17.7 Å². The Balaban J connectivity index is 2.35. The van der Waals surface area contributed by atoms with E-state index in [1.54, 1.807) is 19.1 Å². The Hall–Kier alpha value is -1.58. The number of aromatic nitrogens is 2. The molecular formula is C16H13Cl2FN2. The summed E-state index contributed by atoms with van der Waals surface area (Å²) in [5.41, 5.74) is 3.02. The van der Waals surface area contributed by atoms with Crippen LogP contribution in [0.1, 0.15) is 11.4 Å². The van der Waals surface area contributed by atoms with E-state index >= 15 is 0 Å². The molecule has 0 amide bonds. The Labute approximate surface area is 132 Å². The number of imidazole rings is 1. The zero-order valence-corrected chi connectivity index (χ0v) is 12.9. The zero-order chi connectivity index (χ0) is 15.0. The van der Waals surface area contributed by atoms with E-state index in [0.29, 0.717) is 22.9 Å². The highest BCUT2D eigenvalue weighted by Gasteiger charge is 2.15. The summed E-state index contributed by atoms with van der Waals surface area (Å²) in [6.45, 7) is 1.76. The van der Waals surface area contributed by atoms with Crippen LogP contribution in [0.3, 0.4) is 0 Å². The molecule has 2 nitrogen and oxygen atoms in total. The van der Waals surface area contributed by atoms with Gasteiger partial charge in [-0.3, -0.25) is 4.57 Å². The van der Waals surface area contributed by atoms with Crippen LogP contribution in [0, 0.1) is 12.7 Å². The van der Waals surface area contributed by atoms with Gasteiger partial charge in [-0.05, 0) is 37.3 Å². The van der Waals surface area contributed by atoms with E-state index in [1.165, 1.54) is 6.07 Å². The molecule has 5 heteroatoms. The second-order valence-corrected chi connectivity index (χ2v) is 5.63. The number of aryl methyl sites for hydroxylation is 1. The predicted octanol–water partition coefficient (Wildman–Crippen LogP) is 4.91. The van der Waals surface area contributed by atoms with Crippen molar-refractivity contribution in [1.82, 2.24) is 9.55 Å². The molecule has 108 valence electrons. The van der Waals surface area contributed by atoms with Crippen molar-refractivity contribution < 1.29 is 4.39 Å². The molecule has 3 aromatic rings. The number of benzene rings is 2.